The Labute approximate surface area is 101 Å². The quantitative estimate of drug-likeness (QED) is 0.713. The van der Waals surface area contributed by atoms with Crippen molar-refractivity contribution in [1.29, 1.82) is 0 Å². The van der Waals surface area contributed by atoms with Crippen molar-refractivity contribution in [3.8, 4) is 0 Å². The summed E-state index contributed by atoms with van der Waals surface area (Å²) in [6, 6.07) is 0. The molecule has 1 heterocycles. The number of likely N-dealkylation sites (tertiary alicyclic amines) is 1. The average Bonchev–Trinajstić information content (AvgIpc) is 2.14. The Balaban J connectivity index is 2.61. The molecular formula is C12H19NO4. The minimum absolute atomic E-state index is 0.348. The van der Waals surface area contributed by atoms with Gasteiger partial charge in [0.15, 0.2) is 0 Å². The molecule has 0 aliphatic carbocycles. The summed E-state index contributed by atoms with van der Waals surface area (Å²) in [6.45, 7) is 6.39. The number of carboxylic acid groups (broad SMARTS) is 1. The number of hydrogen-bond donors (Lipinski definition) is 1. The van der Waals surface area contributed by atoms with Crippen LogP contribution in [0.5, 0.6) is 0 Å². The normalized spacial score (nSPS) is 19.2. The van der Waals surface area contributed by atoms with E-state index in [1.54, 1.807) is 4.90 Å². The molecule has 96 valence electrons. The van der Waals surface area contributed by atoms with E-state index in [4.69, 9.17) is 9.84 Å². The van der Waals surface area contributed by atoms with Gasteiger partial charge in [-0.1, -0.05) is 0 Å². The number of amides is 1. The second-order valence-corrected chi connectivity index (χ2v) is 5.15. The molecule has 0 bridgehead atoms. The van der Waals surface area contributed by atoms with Gasteiger partial charge >= 0.3 is 12.1 Å². The van der Waals surface area contributed by atoms with Crippen LogP contribution in [0.4, 0.5) is 4.79 Å². The second kappa shape index (κ2) is 5.21. The van der Waals surface area contributed by atoms with Crippen LogP contribution in [0.2, 0.25) is 0 Å². The van der Waals surface area contributed by atoms with Gasteiger partial charge in [-0.05, 0) is 39.2 Å². The predicted molar refractivity (Wildman–Crippen MR) is 62.8 cm³/mol. The van der Waals surface area contributed by atoms with E-state index >= 15 is 0 Å². The molecule has 0 aromatic rings. The number of carbonyl (C=O) groups is 2. The second-order valence-electron chi connectivity index (χ2n) is 5.15. The van der Waals surface area contributed by atoms with Crippen LogP contribution in [0.25, 0.3) is 0 Å². The highest BCUT2D eigenvalue weighted by molar-refractivity contribution is 5.81. The molecule has 5 nitrogen and oxygen atoms in total. The van der Waals surface area contributed by atoms with E-state index < -0.39 is 11.6 Å². The van der Waals surface area contributed by atoms with Gasteiger partial charge in [0.2, 0.25) is 0 Å². The Morgan fingerprint density at radius 1 is 1.41 bits per heavy atom. The largest absolute Gasteiger partial charge is 0.478 e. The Kier molecular flexibility index (Phi) is 4.15. The highest BCUT2D eigenvalue weighted by Crippen LogP contribution is 2.18. The maximum atomic E-state index is 11.8. The number of nitrogens with zero attached hydrogens (tertiary/aromatic N) is 1. The van der Waals surface area contributed by atoms with Gasteiger partial charge in [-0.3, -0.25) is 0 Å². The number of carboxylic acids is 1. The van der Waals surface area contributed by atoms with Crippen LogP contribution in [0.15, 0.2) is 11.6 Å². The molecular weight excluding hydrogens is 222 g/mol. The third kappa shape index (κ3) is 4.89. The Bertz CT molecular complexity index is 341. The first-order valence-electron chi connectivity index (χ1n) is 5.68. The molecule has 0 aromatic heterocycles. The lowest BCUT2D eigenvalue weighted by Gasteiger charge is -2.31. The van der Waals surface area contributed by atoms with Gasteiger partial charge in [-0.25, -0.2) is 9.59 Å². The number of carbonyl (C=O) groups excluding carboxylic acids is 1. The third-order valence-corrected chi connectivity index (χ3v) is 2.30. The van der Waals surface area contributed by atoms with Crippen molar-refractivity contribution >= 4 is 12.1 Å². The Morgan fingerprint density at radius 2 is 2.06 bits per heavy atom. The van der Waals surface area contributed by atoms with Gasteiger partial charge in [-0.15, -0.1) is 0 Å². The SMILES string of the molecule is CC(C)(C)OC(=O)N1CCCC(=CC(=O)O)C1. The van der Waals surface area contributed by atoms with E-state index in [0.717, 1.165) is 18.4 Å². The third-order valence-electron chi connectivity index (χ3n) is 2.30. The fraction of sp³-hybridized carbons (Fsp3) is 0.667. The van der Waals surface area contributed by atoms with Crippen LogP contribution in [-0.2, 0) is 9.53 Å². The van der Waals surface area contributed by atoms with Gasteiger partial charge in [0.05, 0.1) is 0 Å². The summed E-state index contributed by atoms with van der Waals surface area (Å²) < 4.78 is 5.24. The molecule has 5 heteroatoms. The van der Waals surface area contributed by atoms with Crippen LogP contribution in [0.1, 0.15) is 33.6 Å². The molecule has 0 spiro atoms. The fourth-order valence-corrected chi connectivity index (χ4v) is 1.67. The van der Waals surface area contributed by atoms with Crippen molar-refractivity contribution in [3.63, 3.8) is 0 Å². The van der Waals surface area contributed by atoms with Gasteiger partial charge in [0, 0.05) is 19.2 Å². The van der Waals surface area contributed by atoms with E-state index in [9.17, 15) is 9.59 Å². The topological polar surface area (TPSA) is 66.8 Å². The van der Waals surface area contributed by atoms with Crippen LogP contribution >= 0.6 is 0 Å². The summed E-state index contributed by atoms with van der Waals surface area (Å²) in [4.78, 5) is 23.9. The standard InChI is InChI=1S/C12H19NO4/c1-12(2,3)17-11(16)13-6-4-5-9(8-13)7-10(14)15/h7H,4-6,8H2,1-3H3,(H,14,15). The summed E-state index contributed by atoms with van der Waals surface area (Å²) >= 11 is 0. The van der Waals surface area contributed by atoms with Crippen LogP contribution in [0, 0.1) is 0 Å². The van der Waals surface area contributed by atoms with Crippen LogP contribution in [-0.4, -0.2) is 40.8 Å². The van der Waals surface area contributed by atoms with Crippen molar-refractivity contribution in [2.24, 2.45) is 0 Å². The van der Waals surface area contributed by atoms with Crippen LogP contribution in [0.3, 0.4) is 0 Å². The first kappa shape index (κ1) is 13.5. The van der Waals surface area contributed by atoms with E-state index in [1.165, 1.54) is 6.08 Å². The predicted octanol–water partition coefficient (Wildman–Crippen LogP) is 2.03. The number of piperidine rings is 1. The summed E-state index contributed by atoms with van der Waals surface area (Å²) in [5, 5.41) is 8.67. The molecule has 1 aliphatic heterocycles. The van der Waals surface area contributed by atoms with E-state index in [2.05, 4.69) is 0 Å². The average molecular weight is 241 g/mol. The Hall–Kier alpha value is -1.52. The highest BCUT2D eigenvalue weighted by atomic mass is 16.6. The molecule has 1 amide bonds. The van der Waals surface area contributed by atoms with Crippen molar-refractivity contribution in [3.05, 3.63) is 11.6 Å². The lowest BCUT2D eigenvalue weighted by atomic mass is 10.1. The molecule has 1 fully saturated rings. The zero-order chi connectivity index (χ0) is 13.1. The minimum Gasteiger partial charge on any atom is -0.478 e. The molecule has 0 saturated carbocycles. The molecule has 17 heavy (non-hydrogen) atoms. The number of rotatable bonds is 1. The number of ether oxygens (including phenoxy) is 1. The molecule has 0 atom stereocenters. The first-order valence-corrected chi connectivity index (χ1v) is 5.68. The minimum atomic E-state index is -0.967. The fourth-order valence-electron chi connectivity index (χ4n) is 1.67. The highest BCUT2D eigenvalue weighted by Gasteiger charge is 2.25. The van der Waals surface area contributed by atoms with Crippen molar-refractivity contribution in [2.75, 3.05) is 13.1 Å². The van der Waals surface area contributed by atoms with Gasteiger partial charge in [0.1, 0.15) is 5.60 Å². The van der Waals surface area contributed by atoms with E-state index in [1.807, 2.05) is 20.8 Å². The lowest BCUT2D eigenvalue weighted by Crippen LogP contribution is -2.40. The maximum Gasteiger partial charge on any atom is 0.410 e. The van der Waals surface area contributed by atoms with Gasteiger partial charge < -0.3 is 14.7 Å². The van der Waals surface area contributed by atoms with Crippen LogP contribution < -0.4 is 0 Å². The van der Waals surface area contributed by atoms with E-state index in [-0.39, 0.29) is 6.09 Å². The molecule has 0 aromatic carbocycles. The van der Waals surface area contributed by atoms with Crippen molar-refractivity contribution < 1.29 is 19.4 Å². The Morgan fingerprint density at radius 3 is 2.59 bits per heavy atom. The lowest BCUT2D eigenvalue weighted by molar-refractivity contribution is -0.131. The van der Waals surface area contributed by atoms with E-state index in [0.29, 0.717) is 13.1 Å². The summed E-state index contributed by atoms with van der Waals surface area (Å²) in [5.41, 5.74) is 0.236. The first-order chi connectivity index (χ1) is 7.78. The van der Waals surface area contributed by atoms with Crippen molar-refractivity contribution in [2.45, 2.75) is 39.2 Å². The summed E-state index contributed by atoms with van der Waals surface area (Å²) in [6.07, 6.45) is 2.30. The number of hydrogen-bond acceptors (Lipinski definition) is 3. The zero-order valence-corrected chi connectivity index (χ0v) is 10.5. The molecule has 1 aliphatic rings. The number of aliphatic carboxylic acids is 1. The van der Waals surface area contributed by atoms with Crippen molar-refractivity contribution in [1.82, 2.24) is 4.90 Å². The molecule has 1 rings (SSSR count). The summed E-state index contributed by atoms with van der Waals surface area (Å²) in [7, 11) is 0. The molecule has 0 unspecified atom stereocenters. The molecule has 1 N–H and O–H groups in total. The summed E-state index contributed by atoms with van der Waals surface area (Å²) in [5.74, 6) is -0.967. The monoisotopic (exact) mass is 241 g/mol. The van der Waals surface area contributed by atoms with Gasteiger partial charge in [0.25, 0.3) is 0 Å². The molecule has 1 saturated heterocycles. The molecule has 0 radical (unpaired) electrons. The smallest absolute Gasteiger partial charge is 0.410 e. The maximum absolute atomic E-state index is 11.8. The van der Waals surface area contributed by atoms with Gasteiger partial charge in [-0.2, -0.15) is 0 Å². The zero-order valence-electron chi connectivity index (χ0n) is 10.5.